The highest BCUT2D eigenvalue weighted by Gasteiger charge is 2.12. The Kier molecular flexibility index (Phi) is 2.64. The van der Waals surface area contributed by atoms with Gasteiger partial charge in [-0.25, -0.2) is 15.0 Å². The number of aromatic nitrogens is 4. The lowest BCUT2D eigenvalue weighted by atomic mass is 10.2. The Hall–Kier alpha value is -2.08. The number of imidazole rings is 1. The molecule has 0 atom stereocenters. The number of Topliss-reactive ketones (excluding diaryl/α,β-unsaturated/α-hetero) is 1. The Bertz CT molecular complexity index is 670. The second kappa shape index (κ2) is 4.30. The number of nitrogens with zero attached hydrogens (tertiary/aromatic N) is 4. The highest BCUT2D eigenvalue weighted by Crippen LogP contribution is 2.12. The van der Waals surface area contributed by atoms with E-state index in [1.807, 2.05) is 29.1 Å². The van der Waals surface area contributed by atoms with Crippen molar-refractivity contribution in [1.82, 2.24) is 19.4 Å². The molecule has 0 aliphatic carbocycles. The molecule has 3 aromatic rings. The molecule has 0 saturated carbocycles. The number of hydrogen-bond donors (Lipinski definition) is 0. The minimum atomic E-state index is -0.110. The molecule has 5 nitrogen and oxygen atoms in total. The van der Waals surface area contributed by atoms with E-state index in [0.717, 1.165) is 16.2 Å². The summed E-state index contributed by atoms with van der Waals surface area (Å²) in [7, 11) is 0. The molecule has 0 aliphatic rings. The lowest BCUT2D eigenvalue weighted by Gasteiger charge is -1.97. The molecule has 3 aromatic heterocycles. The molecule has 90 valence electrons. The van der Waals surface area contributed by atoms with Crippen molar-refractivity contribution >= 4 is 22.1 Å². The third kappa shape index (κ3) is 2.02. The number of rotatable bonds is 3. The molecule has 0 bridgehead atoms. The molecule has 0 fully saturated rings. The van der Waals surface area contributed by atoms with E-state index in [-0.39, 0.29) is 18.0 Å². The molecule has 0 N–H and O–H groups in total. The van der Waals surface area contributed by atoms with Crippen LogP contribution < -0.4 is 0 Å². The molecule has 0 saturated heterocycles. The quantitative estimate of drug-likeness (QED) is 0.673. The zero-order valence-electron chi connectivity index (χ0n) is 9.70. The minimum absolute atomic E-state index is 0.110. The summed E-state index contributed by atoms with van der Waals surface area (Å²) in [6, 6.07) is 0. The first-order chi connectivity index (χ1) is 8.72. The molecule has 0 aromatic carbocycles. The van der Waals surface area contributed by atoms with E-state index in [2.05, 4.69) is 15.0 Å². The molecule has 3 rings (SSSR count). The Morgan fingerprint density at radius 3 is 2.89 bits per heavy atom. The van der Waals surface area contributed by atoms with Crippen LogP contribution in [0.1, 0.15) is 21.9 Å². The van der Waals surface area contributed by atoms with Crippen LogP contribution in [0.15, 0.2) is 30.2 Å². The van der Waals surface area contributed by atoms with Gasteiger partial charge < -0.3 is 0 Å². The molecule has 6 heteroatoms. The van der Waals surface area contributed by atoms with Crippen molar-refractivity contribution in [3.63, 3.8) is 0 Å². The predicted octanol–water partition coefficient (Wildman–Crippen LogP) is 1.92. The van der Waals surface area contributed by atoms with E-state index in [9.17, 15) is 4.79 Å². The molecule has 0 spiro atoms. The zero-order chi connectivity index (χ0) is 12.5. The molecular formula is C12H10N4OS. The predicted molar refractivity (Wildman–Crippen MR) is 67.9 cm³/mol. The summed E-state index contributed by atoms with van der Waals surface area (Å²) >= 11 is 1.54. The monoisotopic (exact) mass is 258 g/mol. The third-order valence-corrected chi connectivity index (χ3v) is 3.29. The third-order valence-electron chi connectivity index (χ3n) is 2.52. The average Bonchev–Trinajstić information content (AvgIpc) is 2.90. The molecule has 3 heterocycles. The van der Waals surface area contributed by atoms with Gasteiger partial charge in [-0.1, -0.05) is 0 Å². The summed E-state index contributed by atoms with van der Waals surface area (Å²) in [5, 5.41) is 1.96. The smallest absolute Gasteiger partial charge is 0.206 e. The lowest BCUT2D eigenvalue weighted by Crippen LogP contribution is -2.08. The maximum Gasteiger partial charge on any atom is 0.206 e. The number of carbonyl (C=O) groups excluding carboxylic acids is 1. The number of carbonyl (C=O) groups is 1. The number of fused-ring (bicyclic) bond motifs is 1. The van der Waals surface area contributed by atoms with Gasteiger partial charge in [-0.15, -0.1) is 11.3 Å². The fraction of sp³-hybridized carbons (Fsp3) is 0.167. The number of thiazole rings is 1. The molecule has 0 aliphatic heterocycles. The summed E-state index contributed by atoms with van der Waals surface area (Å²) < 4.78 is 1.91. The molecule has 0 amide bonds. The van der Waals surface area contributed by atoms with Crippen LogP contribution in [0.2, 0.25) is 0 Å². The van der Waals surface area contributed by atoms with Gasteiger partial charge in [0.25, 0.3) is 0 Å². The van der Waals surface area contributed by atoms with Gasteiger partial charge in [0.1, 0.15) is 0 Å². The van der Waals surface area contributed by atoms with E-state index in [1.165, 1.54) is 0 Å². The largest absolute Gasteiger partial charge is 0.297 e. The van der Waals surface area contributed by atoms with Gasteiger partial charge in [-0.3, -0.25) is 9.20 Å². The summed E-state index contributed by atoms with van der Waals surface area (Å²) in [6.07, 6.45) is 7.30. The summed E-state index contributed by atoms with van der Waals surface area (Å²) in [5.74, 6) is 0.137. The maximum absolute atomic E-state index is 12.0. The summed E-state index contributed by atoms with van der Waals surface area (Å²) in [4.78, 5) is 25.3. The number of ketones is 1. The van der Waals surface area contributed by atoms with Crippen molar-refractivity contribution in [2.75, 3.05) is 0 Å². The van der Waals surface area contributed by atoms with Gasteiger partial charge in [0.2, 0.25) is 5.78 Å². The lowest BCUT2D eigenvalue weighted by molar-refractivity contribution is 0.0982. The van der Waals surface area contributed by atoms with Crippen LogP contribution in [0.3, 0.4) is 0 Å². The minimum Gasteiger partial charge on any atom is -0.297 e. The van der Waals surface area contributed by atoms with E-state index < -0.39 is 0 Å². The maximum atomic E-state index is 12.0. The van der Waals surface area contributed by atoms with E-state index in [1.54, 1.807) is 23.7 Å². The fourth-order valence-electron chi connectivity index (χ4n) is 1.64. The van der Waals surface area contributed by atoms with Gasteiger partial charge in [0.05, 0.1) is 12.1 Å². The van der Waals surface area contributed by atoms with Crippen LogP contribution in [-0.4, -0.2) is 25.1 Å². The average molecular weight is 258 g/mol. The summed E-state index contributed by atoms with van der Waals surface area (Å²) in [6.45, 7) is 1.89. The molecular weight excluding hydrogens is 248 g/mol. The highest BCUT2D eigenvalue weighted by atomic mass is 32.1. The Labute approximate surface area is 107 Å². The Morgan fingerprint density at radius 1 is 1.39 bits per heavy atom. The Balaban J connectivity index is 1.82. The van der Waals surface area contributed by atoms with Gasteiger partial charge >= 0.3 is 0 Å². The van der Waals surface area contributed by atoms with Gasteiger partial charge in [-0.05, 0) is 12.5 Å². The zero-order valence-corrected chi connectivity index (χ0v) is 10.5. The van der Waals surface area contributed by atoms with E-state index >= 15 is 0 Å². The van der Waals surface area contributed by atoms with Gasteiger partial charge in [0, 0.05) is 30.2 Å². The second-order valence-corrected chi connectivity index (χ2v) is 4.88. The standard InChI is InChI=1S/C12H10N4OS/c1-8-5-13-11(14-6-8)10(17)4-9-7-16-2-3-18-12(16)15-9/h2-3,5-7H,4H2,1H3. The van der Waals surface area contributed by atoms with Crippen LogP contribution in [0.5, 0.6) is 0 Å². The highest BCUT2D eigenvalue weighted by molar-refractivity contribution is 7.15. The summed E-state index contributed by atoms with van der Waals surface area (Å²) in [5.41, 5.74) is 1.69. The first-order valence-corrected chi connectivity index (χ1v) is 6.33. The van der Waals surface area contributed by atoms with Gasteiger partial charge in [0.15, 0.2) is 10.8 Å². The van der Waals surface area contributed by atoms with E-state index in [4.69, 9.17) is 0 Å². The van der Waals surface area contributed by atoms with Crippen molar-refractivity contribution in [2.24, 2.45) is 0 Å². The molecule has 18 heavy (non-hydrogen) atoms. The van der Waals surface area contributed by atoms with Crippen molar-refractivity contribution < 1.29 is 4.79 Å². The van der Waals surface area contributed by atoms with Crippen LogP contribution in [0, 0.1) is 6.92 Å². The van der Waals surface area contributed by atoms with Gasteiger partial charge in [-0.2, -0.15) is 0 Å². The fourth-order valence-corrected chi connectivity index (χ4v) is 2.36. The van der Waals surface area contributed by atoms with Crippen LogP contribution in [0.25, 0.3) is 4.96 Å². The number of hydrogen-bond acceptors (Lipinski definition) is 5. The SMILES string of the molecule is Cc1cnc(C(=O)Cc2cn3ccsc3n2)nc1. The first-order valence-electron chi connectivity index (χ1n) is 5.45. The molecule has 0 radical (unpaired) electrons. The second-order valence-electron chi connectivity index (χ2n) is 4.01. The first kappa shape index (κ1) is 11.0. The van der Waals surface area contributed by atoms with Crippen molar-refractivity contribution in [2.45, 2.75) is 13.3 Å². The van der Waals surface area contributed by atoms with Crippen molar-refractivity contribution in [1.29, 1.82) is 0 Å². The van der Waals surface area contributed by atoms with Crippen molar-refractivity contribution in [3.8, 4) is 0 Å². The number of aryl methyl sites for hydroxylation is 1. The normalized spacial score (nSPS) is 10.9. The van der Waals surface area contributed by atoms with Crippen LogP contribution in [-0.2, 0) is 6.42 Å². The topological polar surface area (TPSA) is 60.2 Å². The van der Waals surface area contributed by atoms with Crippen LogP contribution in [0.4, 0.5) is 0 Å². The van der Waals surface area contributed by atoms with E-state index in [0.29, 0.717) is 0 Å². The van der Waals surface area contributed by atoms with Crippen LogP contribution >= 0.6 is 11.3 Å². The van der Waals surface area contributed by atoms with Crippen molar-refractivity contribution in [3.05, 3.63) is 47.2 Å². The molecule has 0 unspecified atom stereocenters. The Morgan fingerprint density at radius 2 is 2.17 bits per heavy atom.